The van der Waals surface area contributed by atoms with Gasteiger partial charge in [-0.1, -0.05) is 25.1 Å². The fourth-order valence-electron chi connectivity index (χ4n) is 7.90. The van der Waals surface area contributed by atoms with E-state index in [0.717, 1.165) is 6.08 Å². The lowest BCUT2D eigenvalue weighted by Crippen LogP contribution is -2.70. The number of alkyl halides is 2. The van der Waals surface area contributed by atoms with Crippen LogP contribution in [0, 0.1) is 35.5 Å². The number of ether oxygens (including phenoxy) is 1. The van der Waals surface area contributed by atoms with Crippen LogP contribution < -0.4 is 0 Å². The number of carbonyl (C=O) groups is 3. The summed E-state index contributed by atoms with van der Waals surface area (Å²) in [4.78, 5) is 38.2. The first-order chi connectivity index (χ1) is 16.7. The number of thiol groups is 1. The average molecular weight is 522 g/mol. The number of fused-ring (bicyclic) bond motifs is 5. The van der Waals surface area contributed by atoms with E-state index in [0.29, 0.717) is 5.76 Å². The van der Waals surface area contributed by atoms with Crippen molar-refractivity contribution in [2.75, 3.05) is 0 Å². The Labute approximate surface area is 212 Å². The number of aromatic nitrogens is 1. The third kappa shape index (κ3) is 2.94. The first-order valence-electron chi connectivity index (χ1n) is 12.1. The highest BCUT2D eigenvalue weighted by molar-refractivity contribution is 7.96. The number of carbonyl (C=O) groups excluding carboxylic acids is 3. The first kappa shape index (κ1) is 25.3. The number of hydrogen-bond acceptors (Lipinski definition) is 7. The second-order valence-electron chi connectivity index (χ2n) is 11.2. The molecule has 3 fully saturated rings. The van der Waals surface area contributed by atoms with E-state index in [1.54, 1.807) is 20.8 Å². The lowest BCUT2D eigenvalue weighted by molar-refractivity contribution is -0.221. The van der Waals surface area contributed by atoms with Crippen molar-refractivity contribution >= 4 is 29.5 Å². The van der Waals surface area contributed by atoms with Gasteiger partial charge in [-0.2, -0.15) is 0 Å². The smallest absolute Gasteiger partial charge is 0.361 e. The fourth-order valence-corrected chi connectivity index (χ4v) is 8.42. The van der Waals surface area contributed by atoms with Crippen LogP contribution in [0.2, 0.25) is 0 Å². The van der Waals surface area contributed by atoms with E-state index in [9.17, 15) is 19.5 Å². The summed E-state index contributed by atoms with van der Waals surface area (Å²) in [5, 5.41) is 14.4. The van der Waals surface area contributed by atoms with Crippen LogP contribution in [0.1, 0.15) is 56.3 Å². The number of aryl methyl sites for hydroxylation is 1. The largest absolute Gasteiger partial charge is 0.444 e. The van der Waals surface area contributed by atoms with Crippen LogP contribution in [0.5, 0.6) is 0 Å². The van der Waals surface area contributed by atoms with Gasteiger partial charge in [0.05, 0.1) is 6.10 Å². The van der Waals surface area contributed by atoms with Gasteiger partial charge in [0.1, 0.15) is 11.9 Å². The molecule has 0 aliphatic heterocycles. The van der Waals surface area contributed by atoms with Crippen molar-refractivity contribution in [2.45, 2.75) is 70.5 Å². The SMILES string of the molecule is Cc1cc(C(=O)OC2(C(=O)S)C(C)C[C@H]3[C@@H]4CC(F)C5=CC(=O)C=C[C@]5(C)C4(F)C(O)C[C@@]32C)no1. The van der Waals surface area contributed by atoms with Gasteiger partial charge in [0.2, 0.25) is 5.12 Å². The van der Waals surface area contributed by atoms with Crippen LogP contribution in [0.4, 0.5) is 8.78 Å². The monoisotopic (exact) mass is 521 g/mol. The fraction of sp³-hybridized carbons (Fsp3) is 0.615. The molecule has 7 nitrogen and oxygen atoms in total. The third-order valence-corrected chi connectivity index (χ3v) is 9.91. The van der Waals surface area contributed by atoms with Crippen LogP contribution in [-0.2, 0) is 14.3 Å². The summed E-state index contributed by atoms with van der Waals surface area (Å²) in [5.74, 6) is -3.17. The van der Waals surface area contributed by atoms with Crippen LogP contribution in [0.25, 0.3) is 0 Å². The lowest BCUT2D eigenvalue weighted by atomic mass is 9.44. The highest BCUT2D eigenvalue weighted by Crippen LogP contribution is 2.71. The van der Waals surface area contributed by atoms with E-state index in [1.165, 1.54) is 25.1 Å². The number of aliphatic hydroxyl groups excluding tert-OH is 1. The Morgan fingerprint density at radius 3 is 2.58 bits per heavy atom. The normalized spacial score (nSPS) is 45.4. The molecule has 0 radical (unpaired) electrons. The van der Waals surface area contributed by atoms with E-state index in [1.807, 2.05) is 0 Å². The van der Waals surface area contributed by atoms with Gasteiger partial charge in [0.25, 0.3) is 0 Å². The predicted octanol–water partition coefficient (Wildman–Crippen LogP) is 3.90. The molecule has 0 aromatic carbocycles. The summed E-state index contributed by atoms with van der Waals surface area (Å²) >= 11 is 4.12. The van der Waals surface area contributed by atoms with Gasteiger partial charge in [-0.3, -0.25) is 9.59 Å². The minimum absolute atomic E-state index is 0.0202. The number of esters is 1. The van der Waals surface area contributed by atoms with Crippen molar-refractivity contribution in [1.29, 1.82) is 0 Å². The molecule has 1 N–H and O–H groups in total. The summed E-state index contributed by atoms with van der Waals surface area (Å²) in [5.41, 5.74) is -7.01. The summed E-state index contributed by atoms with van der Waals surface area (Å²) < 4.78 is 43.7. The summed E-state index contributed by atoms with van der Waals surface area (Å²) in [7, 11) is 0. The van der Waals surface area contributed by atoms with E-state index < -0.39 is 69.0 Å². The first-order valence-corrected chi connectivity index (χ1v) is 12.5. The standard InChI is InChI=1S/C26H29F2NO6S/c1-12-7-15-16-10-18(27)17-9-14(30)5-6-23(17,3)25(16,28)20(31)11-24(15,4)26(12,22(33)36)34-21(32)19-8-13(2)35-29-19/h5-6,8-9,12,15-16,18,20,31H,7,10-11H2,1-4H3,(H,33,36)/t12?,15-,16-,18?,20?,23-,24-,25?,26?/m0/s1. The molecule has 1 aromatic rings. The molecular formula is C26H29F2NO6S. The van der Waals surface area contributed by atoms with Crippen molar-refractivity contribution in [3.63, 3.8) is 0 Å². The molecule has 4 aliphatic rings. The molecule has 10 heteroatoms. The molecule has 36 heavy (non-hydrogen) atoms. The molecule has 0 bridgehead atoms. The van der Waals surface area contributed by atoms with Crippen molar-refractivity contribution in [2.24, 2.45) is 28.6 Å². The molecule has 1 aromatic heterocycles. The van der Waals surface area contributed by atoms with Crippen LogP contribution in [0.15, 0.2) is 34.4 Å². The number of ketones is 1. The van der Waals surface area contributed by atoms with Crippen LogP contribution in [-0.4, -0.2) is 50.7 Å². The topological polar surface area (TPSA) is 107 Å². The molecule has 194 valence electrons. The molecule has 0 spiro atoms. The molecule has 0 amide bonds. The number of halogens is 2. The number of aliphatic hydroxyl groups is 1. The van der Waals surface area contributed by atoms with Crippen LogP contribution >= 0.6 is 12.6 Å². The number of allylic oxidation sites excluding steroid dienone is 4. The zero-order chi connectivity index (χ0) is 26.4. The summed E-state index contributed by atoms with van der Waals surface area (Å²) in [6, 6.07) is 1.38. The van der Waals surface area contributed by atoms with Gasteiger partial charge in [0, 0.05) is 28.7 Å². The zero-order valence-corrected chi connectivity index (χ0v) is 21.4. The number of hydrogen-bond donors (Lipinski definition) is 2. The van der Waals surface area contributed by atoms with Gasteiger partial charge in [-0.15, -0.1) is 12.6 Å². The second kappa shape index (κ2) is 7.84. The molecule has 1 heterocycles. The van der Waals surface area contributed by atoms with Gasteiger partial charge in [0.15, 0.2) is 22.7 Å². The Balaban J connectivity index is 1.61. The highest BCUT2D eigenvalue weighted by Gasteiger charge is 2.78. The van der Waals surface area contributed by atoms with E-state index in [4.69, 9.17) is 9.26 Å². The van der Waals surface area contributed by atoms with Crippen LogP contribution in [0.3, 0.4) is 0 Å². The van der Waals surface area contributed by atoms with Gasteiger partial charge in [-0.25, -0.2) is 13.6 Å². The maximum Gasteiger partial charge on any atom is 0.361 e. The van der Waals surface area contributed by atoms with E-state index >= 15 is 8.78 Å². The zero-order valence-electron chi connectivity index (χ0n) is 20.5. The van der Waals surface area contributed by atoms with Crippen molar-refractivity contribution in [1.82, 2.24) is 5.16 Å². The van der Waals surface area contributed by atoms with Crippen molar-refractivity contribution in [3.05, 3.63) is 41.3 Å². The third-order valence-electron chi connectivity index (χ3n) is 9.58. The minimum Gasteiger partial charge on any atom is -0.444 e. The number of rotatable bonds is 3. The molecule has 5 unspecified atom stereocenters. The molecule has 4 aliphatic carbocycles. The summed E-state index contributed by atoms with van der Waals surface area (Å²) in [6.07, 6.45) is 0.214. The maximum atomic E-state index is 17.3. The quantitative estimate of drug-likeness (QED) is 0.459. The molecular weight excluding hydrogens is 492 g/mol. The molecule has 0 saturated heterocycles. The second-order valence-corrected chi connectivity index (χ2v) is 11.7. The van der Waals surface area contributed by atoms with Gasteiger partial charge in [-0.05, 0) is 56.8 Å². The minimum atomic E-state index is -2.30. The van der Waals surface area contributed by atoms with E-state index in [2.05, 4.69) is 17.8 Å². The number of nitrogens with zero attached hydrogens (tertiary/aromatic N) is 1. The van der Waals surface area contributed by atoms with Gasteiger partial charge >= 0.3 is 5.97 Å². The Morgan fingerprint density at radius 1 is 1.28 bits per heavy atom. The maximum absolute atomic E-state index is 17.3. The lowest BCUT2D eigenvalue weighted by Gasteiger charge is -2.63. The Bertz CT molecular complexity index is 1230. The average Bonchev–Trinajstić information content (AvgIpc) is 3.32. The van der Waals surface area contributed by atoms with Crippen molar-refractivity contribution in [3.8, 4) is 0 Å². The Kier molecular flexibility index (Phi) is 5.51. The Hall–Kier alpha value is -2.33. The highest BCUT2D eigenvalue weighted by atomic mass is 32.1. The van der Waals surface area contributed by atoms with Gasteiger partial charge < -0.3 is 14.4 Å². The summed E-state index contributed by atoms with van der Waals surface area (Å²) in [6.45, 7) is 6.51. The molecule has 9 atom stereocenters. The Morgan fingerprint density at radius 2 is 1.97 bits per heavy atom. The van der Waals surface area contributed by atoms with E-state index in [-0.39, 0.29) is 30.5 Å². The van der Waals surface area contributed by atoms with Crippen molar-refractivity contribution < 1.29 is 37.5 Å². The predicted molar refractivity (Wildman–Crippen MR) is 127 cm³/mol. The molecule has 5 rings (SSSR count). The molecule has 3 saturated carbocycles.